The molecular formula is C7H4Cl2N2O2S. The molecule has 14 heavy (non-hydrogen) atoms. The van der Waals surface area contributed by atoms with E-state index in [1.807, 2.05) is 0 Å². The maximum absolute atomic E-state index is 10.7. The number of rotatable bonds is 1. The minimum Gasteiger partial charge on any atom is -0.329 e. The smallest absolute Gasteiger partial charge is 0.225 e. The first-order valence-corrected chi connectivity index (χ1v) is 5.40. The Morgan fingerprint density at radius 3 is 2.64 bits per heavy atom. The van der Waals surface area contributed by atoms with E-state index < -0.39 is 11.1 Å². The molecule has 4 nitrogen and oxygen atoms in total. The molecular weight excluding hydrogens is 247 g/mol. The molecule has 2 N–H and O–H groups in total. The molecule has 2 rings (SSSR count). The lowest BCUT2D eigenvalue weighted by atomic mass is 10.3. The van der Waals surface area contributed by atoms with Crippen molar-refractivity contribution < 1.29 is 8.76 Å². The Balaban J connectivity index is 2.72. The first kappa shape index (κ1) is 9.92. The average Bonchev–Trinajstić information content (AvgIpc) is 2.48. The first-order valence-electron chi connectivity index (χ1n) is 3.53. The van der Waals surface area contributed by atoms with Crippen LogP contribution >= 0.6 is 23.2 Å². The van der Waals surface area contributed by atoms with E-state index in [1.165, 1.54) is 6.07 Å². The highest BCUT2D eigenvalue weighted by molar-refractivity contribution is 7.79. The van der Waals surface area contributed by atoms with E-state index in [4.69, 9.17) is 27.8 Å². The molecule has 0 fully saturated rings. The van der Waals surface area contributed by atoms with Gasteiger partial charge in [-0.2, -0.15) is 0 Å². The summed E-state index contributed by atoms with van der Waals surface area (Å²) < 4.78 is 19.5. The number of hydrogen-bond donors (Lipinski definition) is 2. The molecule has 0 saturated heterocycles. The molecule has 1 unspecified atom stereocenters. The van der Waals surface area contributed by atoms with E-state index in [2.05, 4.69) is 9.97 Å². The van der Waals surface area contributed by atoms with Gasteiger partial charge in [-0.25, -0.2) is 9.19 Å². The number of nitrogens with zero attached hydrogens (tertiary/aromatic N) is 1. The third-order valence-electron chi connectivity index (χ3n) is 1.67. The molecule has 0 aliphatic rings. The summed E-state index contributed by atoms with van der Waals surface area (Å²) in [6.07, 6.45) is 0. The van der Waals surface area contributed by atoms with Crippen molar-refractivity contribution in [3.63, 3.8) is 0 Å². The Bertz CT molecular complexity index is 487. The maximum Gasteiger partial charge on any atom is 0.225 e. The topological polar surface area (TPSA) is 66.0 Å². The molecule has 0 bridgehead atoms. The van der Waals surface area contributed by atoms with Crippen LogP contribution in [-0.4, -0.2) is 18.7 Å². The number of aromatic amines is 1. The van der Waals surface area contributed by atoms with Gasteiger partial charge in [-0.3, -0.25) is 4.55 Å². The summed E-state index contributed by atoms with van der Waals surface area (Å²) in [4.78, 5) is 6.52. The second kappa shape index (κ2) is 3.51. The predicted octanol–water partition coefficient (Wildman–Crippen LogP) is 2.45. The third-order valence-corrected chi connectivity index (χ3v) is 2.91. The maximum atomic E-state index is 10.7. The van der Waals surface area contributed by atoms with Gasteiger partial charge in [-0.05, 0) is 12.1 Å². The van der Waals surface area contributed by atoms with Gasteiger partial charge >= 0.3 is 0 Å². The number of fused-ring (bicyclic) bond motifs is 1. The molecule has 1 aromatic carbocycles. The molecule has 0 radical (unpaired) electrons. The summed E-state index contributed by atoms with van der Waals surface area (Å²) in [5, 5.41) is 0.720. The quantitative estimate of drug-likeness (QED) is 0.765. The van der Waals surface area contributed by atoms with Crippen molar-refractivity contribution in [1.29, 1.82) is 0 Å². The molecule has 74 valence electrons. The normalized spacial score (nSPS) is 13.4. The van der Waals surface area contributed by atoms with Crippen LogP contribution in [0.5, 0.6) is 0 Å². The van der Waals surface area contributed by atoms with Gasteiger partial charge in [-0.1, -0.05) is 23.2 Å². The summed E-state index contributed by atoms with van der Waals surface area (Å²) in [7, 11) is 0. The van der Waals surface area contributed by atoms with Gasteiger partial charge in [0.05, 0.1) is 21.1 Å². The summed E-state index contributed by atoms with van der Waals surface area (Å²) in [5.41, 5.74) is 1.09. The van der Waals surface area contributed by atoms with Gasteiger partial charge in [-0.15, -0.1) is 0 Å². The number of nitrogens with one attached hydrogen (secondary N) is 1. The summed E-state index contributed by atoms with van der Waals surface area (Å²) in [5.74, 6) is 0. The van der Waals surface area contributed by atoms with Gasteiger partial charge in [0, 0.05) is 0 Å². The fourth-order valence-corrected chi connectivity index (χ4v) is 1.76. The van der Waals surface area contributed by atoms with E-state index in [0.717, 1.165) is 0 Å². The van der Waals surface area contributed by atoms with Gasteiger partial charge in [0.25, 0.3) is 0 Å². The zero-order chi connectivity index (χ0) is 10.3. The lowest BCUT2D eigenvalue weighted by Crippen LogP contribution is -1.89. The molecule has 0 saturated carbocycles. The molecule has 1 aromatic heterocycles. The average molecular weight is 251 g/mol. The number of halogens is 2. The van der Waals surface area contributed by atoms with Crippen LogP contribution in [0, 0.1) is 0 Å². The van der Waals surface area contributed by atoms with E-state index >= 15 is 0 Å². The number of imidazole rings is 1. The molecule has 0 aliphatic heterocycles. The largest absolute Gasteiger partial charge is 0.329 e. The molecule has 2 aromatic rings. The van der Waals surface area contributed by atoms with Crippen LogP contribution in [0.25, 0.3) is 11.0 Å². The number of hydrogen-bond acceptors (Lipinski definition) is 2. The molecule has 1 atom stereocenters. The van der Waals surface area contributed by atoms with Crippen LogP contribution in [0.1, 0.15) is 0 Å². The molecule has 0 spiro atoms. The van der Waals surface area contributed by atoms with Crippen molar-refractivity contribution in [2.45, 2.75) is 5.16 Å². The zero-order valence-corrected chi connectivity index (χ0v) is 8.95. The molecule has 0 amide bonds. The molecule has 1 heterocycles. The van der Waals surface area contributed by atoms with Crippen LogP contribution in [0.2, 0.25) is 10.0 Å². The third kappa shape index (κ3) is 1.64. The minimum absolute atomic E-state index is 0.0154. The Morgan fingerprint density at radius 1 is 1.36 bits per heavy atom. The Labute approximate surface area is 91.5 Å². The van der Waals surface area contributed by atoms with E-state index in [0.29, 0.717) is 21.1 Å². The van der Waals surface area contributed by atoms with Crippen LogP contribution in [0.4, 0.5) is 0 Å². The van der Waals surface area contributed by atoms with Gasteiger partial charge in [0.1, 0.15) is 0 Å². The number of benzene rings is 1. The van der Waals surface area contributed by atoms with Crippen molar-refractivity contribution in [1.82, 2.24) is 9.97 Å². The summed E-state index contributed by atoms with van der Waals surface area (Å²) in [6, 6.07) is 3.09. The Hall–Kier alpha value is -0.620. The van der Waals surface area contributed by atoms with Gasteiger partial charge < -0.3 is 4.98 Å². The van der Waals surface area contributed by atoms with Crippen LogP contribution in [0.15, 0.2) is 17.3 Å². The van der Waals surface area contributed by atoms with Crippen molar-refractivity contribution >= 4 is 45.3 Å². The van der Waals surface area contributed by atoms with Gasteiger partial charge in [0.15, 0.2) is 0 Å². The first-order chi connectivity index (χ1) is 6.58. The second-order valence-electron chi connectivity index (χ2n) is 2.57. The SMILES string of the molecule is O=S(O)c1nc2cc(Cl)c(Cl)cc2[nH]1. The highest BCUT2D eigenvalue weighted by Crippen LogP contribution is 2.26. The fraction of sp³-hybridized carbons (Fsp3) is 0. The predicted molar refractivity (Wildman–Crippen MR) is 55.2 cm³/mol. The summed E-state index contributed by atoms with van der Waals surface area (Å²) in [6.45, 7) is 0. The lowest BCUT2D eigenvalue weighted by Gasteiger charge is -1.92. The minimum atomic E-state index is -2.13. The second-order valence-corrected chi connectivity index (χ2v) is 4.27. The van der Waals surface area contributed by atoms with Crippen LogP contribution in [-0.2, 0) is 11.1 Å². The highest BCUT2D eigenvalue weighted by atomic mass is 35.5. The molecule has 7 heteroatoms. The van der Waals surface area contributed by atoms with E-state index in [-0.39, 0.29) is 5.16 Å². The Kier molecular flexibility index (Phi) is 2.48. The van der Waals surface area contributed by atoms with Crippen molar-refractivity contribution in [3.8, 4) is 0 Å². The fourth-order valence-electron chi connectivity index (χ4n) is 1.06. The Morgan fingerprint density at radius 2 is 2.00 bits per heavy atom. The zero-order valence-electron chi connectivity index (χ0n) is 6.62. The standard InChI is InChI=1S/C7H4Cl2N2O2S/c8-3-1-5-6(2-4(3)9)11-7(10-5)14(12)13/h1-2H,(H,10,11)(H,12,13). The van der Waals surface area contributed by atoms with Crippen LogP contribution < -0.4 is 0 Å². The lowest BCUT2D eigenvalue weighted by molar-refractivity contribution is 0.557. The monoisotopic (exact) mass is 250 g/mol. The van der Waals surface area contributed by atoms with Gasteiger partial charge in [0.2, 0.25) is 16.2 Å². The van der Waals surface area contributed by atoms with Crippen LogP contribution in [0.3, 0.4) is 0 Å². The van der Waals surface area contributed by atoms with E-state index in [9.17, 15) is 4.21 Å². The summed E-state index contributed by atoms with van der Waals surface area (Å²) >= 11 is 9.38. The van der Waals surface area contributed by atoms with E-state index in [1.54, 1.807) is 6.07 Å². The number of aromatic nitrogens is 2. The molecule has 0 aliphatic carbocycles. The number of H-pyrrole nitrogens is 1. The van der Waals surface area contributed by atoms with Crippen molar-refractivity contribution in [2.24, 2.45) is 0 Å². The van der Waals surface area contributed by atoms with Crippen molar-refractivity contribution in [3.05, 3.63) is 22.2 Å². The van der Waals surface area contributed by atoms with Crippen molar-refractivity contribution in [2.75, 3.05) is 0 Å². The highest BCUT2D eigenvalue weighted by Gasteiger charge is 2.09.